The van der Waals surface area contributed by atoms with Crippen LogP contribution in [0.1, 0.15) is 60.9 Å². The number of nitrogens with zero attached hydrogens (tertiary/aromatic N) is 1. The zero-order chi connectivity index (χ0) is 27.1. The van der Waals surface area contributed by atoms with E-state index in [2.05, 4.69) is 20.5 Å². The van der Waals surface area contributed by atoms with Crippen LogP contribution in [-0.4, -0.2) is 27.3 Å². The first-order valence-electron chi connectivity index (χ1n) is 11.5. The van der Waals surface area contributed by atoms with Gasteiger partial charge in [-0.15, -0.1) is 0 Å². The first-order valence-corrected chi connectivity index (χ1v) is 11.5. The van der Waals surface area contributed by atoms with Gasteiger partial charge in [-0.2, -0.15) is 31.4 Å². The van der Waals surface area contributed by atoms with Crippen LogP contribution in [0, 0.1) is 0 Å². The first-order chi connectivity index (χ1) is 17.2. The van der Waals surface area contributed by atoms with Crippen molar-refractivity contribution >= 4 is 0 Å². The second-order valence-electron chi connectivity index (χ2n) is 9.83. The molecule has 1 aliphatic carbocycles. The lowest BCUT2D eigenvalue weighted by molar-refractivity contribution is -0.143. The van der Waals surface area contributed by atoms with Crippen molar-refractivity contribution in [3.63, 3.8) is 0 Å². The molecule has 0 aliphatic heterocycles. The maximum Gasteiger partial charge on any atom is 0.416 e. The monoisotopic (exact) mass is 528 g/mol. The van der Waals surface area contributed by atoms with Crippen LogP contribution < -0.4 is 11.0 Å². The molecule has 0 amide bonds. The minimum Gasteiger partial charge on any atom is -0.373 e. The molecule has 1 heterocycles. The van der Waals surface area contributed by atoms with Crippen LogP contribution in [0.25, 0.3) is 0 Å². The summed E-state index contributed by atoms with van der Waals surface area (Å²) in [7, 11) is 0. The summed E-state index contributed by atoms with van der Waals surface area (Å²) >= 11 is 0. The predicted molar refractivity (Wildman–Crippen MR) is 123 cm³/mol. The first kappa shape index (κ1) is 26.9. The lowest BCUT2D eigenvalue weighted by atomic mass is 9.55. The summed E-state index contributed by atoms with van der Waals surface area (Å²) in [4.78, 5) is 13.8. The van der Waals surface area contributed by atoms with Crippen LogP contribution in [-0.2, 0) is 29.0 Å². The van der Waals surface area contributed by atoms with Gasteiger partial charge in [0.25, 0.3) is 0 Å². The molecule has 0 radical (unpaired) electrons. The summed E-state index contributed by atoms with van der Waals surface area (Å²) < 4.78 is 85.8. The number of benzene rings is 2. The normalized spacial score (nSPS) is 23.0. The van der Waals surface area contributed by atoms with E-state index in [1.165, 1.54) is 6.92 Å². The van der Waals surface area contributed by atoms with Crippen molar-refractivity contribution in [1.29, 1.82) is 0 Å². The second kappa shape index (κ2) is 9.64. The summed E-state index contributed by atoms with van der Waals surface area (Å²) in [5.74, 6) is 0.443. The largest absolute Gasteiger partial charge is 0.416 e. The number of alkyl halides is 6. The topological polar surface area (TPSA) is 82.8 Å². The van der Waals surface area contributed by atoms with E-state index in [0.717, 1.165) is 5.56 Å². The van der Waals surface area contributed by atoms with E-state index in [-0.39, 0.29) is 23.8 Å². The summed E-state index contributed by atoms with van der Waals surface area (Å²) in [6.07, 6.45) is -9.70. The fourth-order valence-corrected chi connectivity index (χ4v) is 5.03. The molecule has 3 aromatic rings. The zero-order valence-electron chi connectivity index (χ0n) is 20.1. The standard InChI is InChI=1S/C25H26F6N4O2/c1-15(16-8-18(24(26,27)28)10-19(9-16)25(29,30)31)37-14-23(17-6-4-3-5-7-17)12-22(2,13-23)32-11-20-33-21(36)35-34-20/h3-10,15,32H,11-14H2,1-2H3,(H2,33,34,35,36). The average Bonchev–Trinajstić information content (AvgIpc) is 3.24. The van der Waals surface area contributed by atoms with E-state index in [9.17, 15) is 31.1 Å². The lowest BCUT2D eigenvalue weighted by Gasteiger charge is -2.55. The number of halogens is 6. The minimum atomic E-state index is -4.93. The van der Waals surface area contributed by atoms with Gasteiger partial charge in [0.1, 0.15) is 5.82 Å². The molecule has 6 nitrogen and oxygen atoms in total. The molecular weight excluding hydrogens is 502 g/mol. The Morgan fingerprint density at radius 2 is 1.62 bits per heavy atom. The third-order valence-corrected chi connectivity index (χ3v) is 6.77. The maximum atomic E-state index is 13.3. The van der Waals surface area contributed by atoms with Gasteiger partial charge in [-0.3, -0.25) is 4.98 Å². The molecule has 1 fully saturated rings. The van der Waals surface area contributed by atoms with E-state index in [4.69, 9.17) is 4.74 Å². The van der Waals surface area contributed by atoms with Gasteiger partial charge in [-0.25, -0.2) is 9.89 Å². The number of rotatable bonds is 8. The summed E-state index contributed by atoms with van der Waals surface area (Å²) in [5, 5.41) is 9.53. The zero-order valence-corrected chi connectivity index (χ0v) is 20.1. The van der Waals surface area contributed by atoms with E-state index in [1.54, 1.807) is 0 Å². The van der Waals surface area contributed by atoms with Gasteiger partial charge >= 0.3 is 18.0 Å². The summed E-state index contributed by atoms with van der Waals surface area (Å²) in [5.41, 5.74) is -3.28. The van der Waals surface area contributed by atoms with E-state index < -0.39 is 40.7 Å². The molecular formula is C25H26F6N4O2. The smallest absolute Gasteiger partial charge is 0.373 e. The Hall–Kier alpha value is -3.12. The second-order valence-corrected chi connectivity index (χ2v) is 9.83. The number of nitrogens with one attached hydrogen (secondary N) is 3. The van der Waals surface area contributed by atoms with Crippen molar-refractivity contribution < 1.29 is 31.1 Å². The highest BCUT2D eigenvalue weighted by atomic mass is 19.4. The Morgan fingerprint density at radius 3 is 2.14 bits per heavy atom. The van der Waals surface area contributed by atoms with Gasteiger partial charge in [0.15, 0.2) is 0 Å². The molecule has 0 spiro atoms. The lowest BCUT2D eigenvalue weighted by Crippen LogP contribution is -2.62. The van der Waals surface area contributed by atoms with Crippen molar-refractivity contribution in [2.45, 2.75) is 62.6 Å². The Bertz CT molecular complexity index is 1240. The van der Waals surface area contributed by atoms with Crippen molar-refractivity contribution in [3.05, 3.63) is 87.1 Å². The molecule has 0 saturated heterocycles. The van der Waals surface area contributed by atoms with E-state index >= 15 is 0 Å². The van der Waals surface area contributed by atoms with Crippen LogP contribution in [0.2, 0.25) is 0 Å². The van der Waals surface area contributed by atoms with Crippen LogP contribution in [0.5, 0.6) is 0 Å². The van der Waals surface area contributed by atoms with Crippen LogP contribution >= 0.6 is 0 Å². The molecule has 200 valence electrons. The number of aromatic amines is 2. The van der Waals surface area contributed by atoms with Crippen LogP contribution in [0.3, 0.4) is 0 Å². The molecule has 1 aliphatic rings. The molecule has 2 aromatic carbocycles. The Kier molecular flexibility index (Phi) is 7.02. The van der Waals surface area contributed by atoms with E-state index in [1.807, 2.05) is 37.3 Å². The van der Waals surface area contributed by atoms with Gasteiger partial charge in [-0.05, 0) is 56.0 Å². The molecule has 1 saturated carbocycles. The van der Waals surface area contributed by atoms with Gasteiger partial charge < -0.3 is 10.1 Å². The van der Waals surface area contributed by atoms with Gasteiger partial charge in [0, 0.05) is 11.0 Å². The van der Waals surface area contributed by atoms with E-state index in [0.29, 0.717) is 37.3 Å². The molecule has 4 rings (SSSR count). The molecule has 1 aromatic heterocycles. The fourth-order valence-electron chi connectivity index (χ4n) is 5.03. The third-order valence-electron chi connectivity index (χ3n) is 6.77. The quantitative estimate of drug-likeness (QED) is 0.338. The Morgan fingerprint density at radius 1 is 1.03 bits per heavy atom. The predicted octanol–water partition coefficient (Wildman–Crippen LogP) is 5.49. The number of ether oxygens (including phenoxy) is 1. The molecule has 0 bridgehead atoms. The minimum absolute atomic E-state index is 0.0896. The van der Waals surface area contributed by atoms with Gasteiger partial charge in [0.2, 0.25) is 0 Å². The highest BCUT2D eigenvalue weighted by Gasteiger charge is 2.53. The third kappa shape index (κ3) is 6.07. The van der Waals surface area contributed by atoms with Crippen molar-refractivity contribution in [2.75, 3.05) is 6.61 Å². The highest BCUT2D eigenvalue weighted by molar-refractivity contribution is 5.35. The number of H-pyrrole nitrogens is 2. The fraction of sp³-hybridized carbons (Fsp3) is 0.440. The molecule has 1 unspecified atom stereocenters. The summed E-state index contributed by atoms with van der Waals surface area (Å²) in [6, 6.07) is 10.9. The van der Waals surface area contributed by atoms with Crippen LogP contribution in [0.4, 0.5) is 26.3 Å². The average molecular weight is 528 g/mol. The summed E-state index contributed by atoms with van der Waals surface area (Å²) in [6.45, 7) is 3.83. The molecule has 1 atom stereocenters. The van der Waals surface area contributed by atoms with Gasteiger partial charge in [-0.1, -0.05) is 30.3 Å². The van der Waals surface area contributed by atoms with Gasteiger partial charge in [0.05, 0.1) is 30.4 Å². The highest BCUT2D eigenvalue weighted by Crippen LogP contribution is 2.51. The van der Waals surface area contributed by atoms with Crippen LogP contribution in [0.15, 0.2) is 53.3 Å². The SMILES string of the molecule is CC(OCC1(c2ccccc2)CC(C)(NCc2n[nH]c(=O)[nH]2)C1)c1cc(C(F)(F)F)cc(C(F)(F)F)c1. The number of hydrogen-bond donors (Lipinski definition) is 3. The maximum absolute atomic E-state index is 13.3. The van der Waals surface area contributed by atoms with Crippen molar-refractivity contribution in [1.82, 2.24) is 20.5 Å². The Labute approximate surface area is 208 Å². The molecule has 3 N–H and O–H groups in total. The Balaban J connectivity index is 1.52. The van der Waals surface area contributed by atoms with Crippen molar-refractivity contribution in [2.24, 2.45) is 0 Å². The number of hydrogen-bond acceptors (Lipinski definition) is 4. The molecule has 12 heteroatoms. The number of aromatic nitrogens is 3. The van der Waals surface area contributed by atoms with Crippen molar-refractivity contribution in [3.8, 4) is 0 Å². The molecule has 37 heavy (non-hydrogen) atoms.